The Hall–Kier alpha value is -1.06. The van der Waals surface area contributed by atoms with Crippen molar-refractivity contribution in [2.45, 2.75) is 26.2 Å². The number of carbonyl (C=O) groups is 1. The molecule has 0 aromatic heterocycles. The SMILES string of the molecule is CCN(CCc1ccccc1)C(=O)CC1CCNC1.Cl. The van der Waals surface area contributed by atoms with Crippen molar-refractivity contribution >= 4 is 18.3 Å². The summed E-state index contributed by atoms with van der Waals surface area (Å²) in [6.07, 6.45) is 2.79. The summed E-state index contributed by atoms with van der Waals surface area (Å²) in [4.78, 5) is 14.2. The number of nitrogens with zero attached hydrogens (tertiary/aromatic N) is 1. The number of halogens is 1. The van der Waals surface area contributed by atoms with Crippen LogP contribution >= 0.6 is 12.4 Å². The molecule has 0 spiro atoms. The average molecular weight is 297 g/mol. The number of nitrogens with one attached hydrogen (secondary N) is 1. The number of likely N-dealkylation sites (N-methyl/N-ethyl adjacent to an activating group) is 1. The van der Waals surface area contributed by atoms with Crippen molar-refractivity contribution in [3.63, 3.8) is 0 Å². The van der Waals surface area contributed by atoms with E-state index >= 15 is 0 Å². The summed E-state index contributed by atoms with van der Waals surface area (Å²) >= 11 is 0. The quantitative estimate of drug-likeness (QED) is 0.875. The molecule has 3 nitrogen and oxygen atoms in total. The Kier molecular flexibility index (Phi) is 7.63. The van der Waals surface area contributed by atoms with Crippen molar-refractivity contribution in [1.82, 2.24) is 10.2 Å². The molecule has 1 atom stereocenters. The molecule has 0 aliphatic carbocycles. The van der Waals surface area contributed by atoms with Gasteiger partial charge in [-0.05, 0) is 44.3 Å². The van der Waals surface area contributed by atoms with Crippen molar-refractivity contribution in [2.24, 2.45) is 5.92 Å². The van der Waals surface area contributed by atoms with E-state index in [4.69, 9.17) is 0 Å². The standard InChI is InChI=1S/C16H24N2O.ClH/c1-2-18(11-9-14-6-4-3-5-7-14)16(19)12-15-8-10-17-13-15;/h3-7,15,17H,2,8-13H2,1H3;1H. The van der Waals surface area contributed by atoms with Gasteiger partial charge in [-0.2, -0.15) is 0 Å². The molecule has 20 heavy (non-hydrogen) atoms. The van der Waals surface area contributed by atoms with Crippen LogP contribution in [0.1, 0.15) is 25.3 Å². The van der Waals surface area contributed by atoms with Gasteiger partial charge in [0.25, 0.3) is 0 Å². The van der Waals surface area contributed by atoms with E-state index < -0.39 is 0 Å². The zero-order valence-corrected chi connectivity index (χ0v) is 13.0. The molecule has 1 fully saturated rings. The molecule has 1 aromatic carbocycles. The summed E-state index contributed by atoms with van der Waals surface area (Å²) in [5.41, 5.74) is 1.30. The third kappa shape index (κ3) is 5.14. The minimum Gasteiger partial charge on any atom is -0.343 e. The lowest BCUT2D eigenvalue weighted by Crippen LogP contribution is -2.34. The van der Waals surface area contributed by atoms with Crippen molar-refractivity contribution < 1.29 is 4.79 Å². The first-order chi connectivity index (χ1) is 9.29. The monoisotopic (exact) mass is 296 g/mol. The Balaban J connectivity index is 0.00000200. The number of amides is 1. The highest BCUT2D eigenvalue weighted by molar-refractivity contribution is 5.85. The molecule has 1 heterocycles. The number of rotatable bonds is 6. The highest BCUT2D eigenvalue weighted by Gasteiger charge is 2.20. The van der Waals surface area contributed by atoms with Gasteiger partial charge in [-0.25, -0.2) is 0 Å². The van der Waals surface area contributed by atoms with Gasteiger partial charge in [0.2, 0.25) is 5.91 Å². The maximum atomic E-state index is 12.2. The molecular formula is C16H25ClN2O. The summed E-state index contributed by atoms with van der Waals surface area (Å²) in [7, 11) is 0. The van der Waals surface area contributed by atoms with Crippen molar-refractivity contribution in [2.75, 3.05) is 26.2 Å². The zero-order chi connectivity index (χ0) is 13.5. The Labute approximate surface area is 128 Å². The fraction of sp³-hybridized carbons (Fsp3) is 0.562. The van der Waals surface area contributed by atoms with E-state index in [0.29, 0.717) is 18.2 Å². The molecule has 0 bridgehead atoms. The van der Waals surface area contributed by atoms with E-state index in [1.807, 2.05) is 11.0 Å². The maximum Gasteiger partial charge on any atom is 0.222 e. The van der Waals surface area contributed by atoms with Crippen LogP contribution in [0, 0.1) is 5.92 Å². The second kappa shape index (κ2) is 8.98. The first-order valence-electron chi connectivity index (χ1n) is 7.32. The Morgan fingerprint density at radius 3 is 2.70 bits per heavy atom. The topological polar surface area (TPSA) is 32.3 Å². The lowest BCUT2D eigenvalue weighted by atomic mass is 10.0. The van der Waals surface area contributed by atoms with Crippen LogP contribution in [0.25, 0.3) is 0 Å². The number of carbonyl (C=O) groups excluding carboxylic acids is 1. The molecule has 1 N–H and O–H groups in total. The van der Waals surface area contributed by atoms with Gasteiger partial charge in [0, 0.05) is 19.5 Å². The predicted octanol–water partition coefficient (Wildman–Crippen LogP) is 2.50. The number of hydrogen-bond acceptors (Lipinski definition) is 2. The fourth-order valence-corrected chi connectivity index (χ4v) is 2.63. The first kappa shape index (κ1) is 17.0. The van der Waals surface area contributed by atoms with Gasteiger partial charge >= 0.3 is 0 Å². The third-order valence-corrected chi connectivity index (χ3v) is 3.87. The minimum absolute atomic E-state index is 0. The van der Waals surface area contributed by atoms with E-state index in [2.05, 4.69) is 36.5 Å². The van der Waals surface area contributed by atoms with Gasteiger partial charge in [0.05, 0.1) is 0 Å². The summed E-state index contributed by atoms with van der Waals surface area (Å²) in [5.74, 6) is 0.852. The average Bonchev–Trinajstić information content (AvgIpc) is 2.93. The van der Waals surface area contributed by atoms with Gasteiger partial charge in [0.1, 0.15) is 0 Å². The lowest BCUT2D eigenvalue weighted by molar-refractivity contribution is -0.131. The smallest absolute Gasteiger partial charge is 0.222 e. The van der Waals surface area contributed by atoms with Gasteiger partial charge in [-0.15, -0.1) is 12.4 Å². The molecule has 1 saturated heterocycles. The number of hydrogen-bond donors (Lipinski definition) is 1. The molecule has 1 aromatic rings. The van der Waals surface area contributed by atoms with Crippen molar-refractivity contribution in [1.29, 1.82) is 0 Å². The largest absolute Gasteiger partial charge is 0.343 e. The predicted molar refractivity (Wildman–Crippen MR) is 85.2 cm³/mol. The van der Waals surface area contributed by atoms with Crippen LogP contribution in [0.15, 0.2) is 30.3 Å². The van der Waals surface area contributed by atoms with Crippen LogP contribution in [-0.2, 0) is 11.2 Å². The minimum atomic E-state index is 0. The Morgan fingerprint density at radius 2 is 2.10 bits per heavy atom. The van der Waals surface area contributed by atoms with E-state index in [0.717, 1.165) is 39.0 Å². The summed E-state index contributed by atoms with van der Waals surface area (Å²) in [6.45, 7) is 5.77. The summed E-state index contributed by atoms with van der Waals surface area (Å²) in [5, 5.41) is 3.32. The van der Waals surface area contributed by atoms with E-state index in [-0.39, 0.29) is 12.4 Å². The number of benzene rings is 1. The second-order valence-corrected chi connectivity index (χ2v) is 5.27. The van der Waals surface area contributed by atoms with Crippen LogP contribution in [0.4, 0.5) is 0 Å². The molecule has 1 unspecified atom stereocenters. The lowest BCUT2D eigenvalue weighted by Gasteiger charge is -2.22. The molecule has 0 radical (unpaired) electrons. The van der Waals surface area contributed by atoms with Crippen LogP contribution in [0.3, 0.4) is 0 Å². The maximum absolute atomic E-state index is 12.2. The summed E-state index contributed by atoms with van der Waals surface area (Å²) < 4.78 is 0. The molecule has 1 amide bonds. The van der Waals surface area contributed by atoms with Crippen LogP contribution in [-0.4, -0.2) is 37.0 Å². The Morgan fingerprint density at radius 1 is 1.35 bits per heavy atom. The summed E-state index contributed by atoms with van der Waals surface area (Å²) in [6, 6.07) is 10.4. The van der Waals surface area contributed by atoms with Gasteiger partial charge in [-0.3, -0.25) is 4.79 Å². The van der Waals surface area contributed by atoms with Crippen molar-refractivity contribution in [3.05, 3.63) is 35.9 Å². The second-order valence-electron chi connectivity index (χ2n) is 5.27. The van der Waals surface area contributed by atoms with Crippen LogP contribution in [0.5, 0.6) is 0 Å². The zero-order valence-electron chi connectivity index (χ0n) is 12.2. The fourth-order valence-electron chi connectivity index (χ4n) is 2.63. The van der Waals surface area contributed by atoms with Crippen LogP contribution in [0.2, 0.25) is 0 Å². The Bertz CT molecular complexity index is 391. The molecule has 112 valence electrons. The molecule has 1 aliphatic heterocycles. The molecular weight excluding hydrogens is 272 g/mol. The first-order valence-corrected chi connectivity index (χ1v) is 7.32. The van der Waals surface area contributed by atoms with Gasteiger partial charge in [0.15, 0.2) is 0 Å². The van der Waals surface area contributed by atoms with Crippen LogP contribution < -0.4 is 5.32 Å². The van der Waals surface area contributed by atoms with Crippen molar-refractivity contribution in [3.8, 4) is 0 Å². The molecule has 1 aliphatic rings. The van der Waals surface area contributed by atoms with E-state index in [1.54, 1.807) is 0 Å². The molecule has 2 rings (SSSR count). The highest BCUT2D eigenvalue weighted by atomic mass is 35.5. The van der Waals surface area contributed by atoms with Gasteiger partial charge < -0.3 is 10.2 Å². The molecule has 4 heteroatoms. The highest BCUT2D eigenvalue weighted by Crippen LogP contribution is 2.14. The van der Waals surface area contributed by atoms with E-state index in [1.165, 1.54) is 5.56 Å². The normalized spacial score (nSPS) is 17.6. The third-order valence-electron chi connectivity index (χ3n) is 3.87. The van der Waals surface area contributed by atoms with E-state index in [9.17, 15) is 4.79 Å². The van der Waals surface area contributed by atoms with Gasteiger partial charge in [-0.1, -0.05) is 30.3 Å². The molecule has 0 saturated carbocycles.